The molecule has 112 valence electrons. The molecule has 0 atom stereocenters. The summed E-state index contributed by atoms with van der Waals surface area (Å²) in [6.07, 6.45) is 24.4. The van der Waals surface area contributed by atoms with Crippen molar-refractivity contribution in [2.24, 2.45) is 0 Å². The van der Waals surface area contributed by atoms with Crippen LogP contribution in [0.2, 0.25) is 0 Å². The van der Waals surface area contributed by atoms with E-state index >= 15 is 0 Å². The first kappa shape index (κ1) is 18.4. The maximum absolute atomic E-state index is 10.3. The van der Waals surface area contributed by atoms with E-state index in [-0.39, 0.29) is 6.42 Å². The van der Waals surface area contributed by atoms with Gasteiger partial charge in [0.2, 0.25) is 0 Å². The van der Waals surface area contributed by atoms with Crippen molar-refractivity contribution in [3.05, 3.63) is 48.6 Å². The average Bonchev–Trinajstić information content (AvgIpc) is 2.43. The molecule has 0 unspecified atom stereocenters. The van der Waals surface area contributed by atoms with Crippen LogP contribution in [0.3, 0.4) is 0 Å². The summed E-state index contributed by atoms with van der Waals surface area (Å²) in [4.78, 5) is 10.3. The summed E-state index contributed by atoms with van der Waals surface area (Å²) in [5, 5.41) is 8.47. The van der Waals surface area contributed by atoms with Gasteiger partial charge in [0.05, 0.1) is 0 Å². The van der Waals surface area contributed by atoms with Gasteiger partial charge in [-0.3, -0.25) is 4.79 Å². The van der Waals surface area contributed by atoms with Crippen LogP contribution in [-0.2, 0) is 4.79 Å². The second-order valence-electron chi connectivity index (χ2n) is 4.70. The van der Waals surface area contributed by atoms with E-state index in [1.807, 2.05) is 18.2 Å². The zero-order valence-electron chi connectivity index (χ0n) is 12.6. The third kappa shape index (κ3) is 16.4. The lowest BCUT2D eigenvalue weighted by atomic mass is 10.2. The van der Waals surface area contributed by atoms with Crippen LogP contribution in [0, 0.1) is 0 Å². The Morgan fingerprint density at radius 3 is 2.15 bits per heavy atom. The van der Waals surface area contributed by atoms with Gasteiger partial charge in [-0.2, -0.15) is 0 Å². The molecule has 0 saturated heterocycles. The summed E-state index contributed by atoms with van der Waals surface area (Å²) < 4.78 is 0. The lowest BCUT2D eigenvalue weighted by Crippen LogP contribution is -1.92. The second-order valence-corrected chi connectivity index (χ2v) is 4.70. The lowest BCUT2D eigenvalue weighted by molar-refractivity contribution is -0.137. The Balaban J connectivity index is 3.44. The molecule has 0 heterocycles. The SMILES string of the molecule is CCCCC=CCC=CCC=CC=CCCCC(=O)O. The summed E-state index contributed by atoms with van der Waals surface area (Å²) in [7, 11) is 0. The molecule has 0 rings (SSSR count). The molecule has 0 aromatic carbocycles. The average molecular weight is 276 g/mol. The van der Waals surface area contributed by atoms with Gasteiger partial charge in [0, 0.05) is 6.42 Å². The Morgan fingerprint density at radius 2 is 1.45 bits per heavy atom. The van der Waals surface area contributed by atoms with Gasteiger partial charge in [0.15, 0.2) is 0 Å². The molecule has 1 N–H and O–H groups in total. The predicted octanol–water partition coefficient (Wildman–Crippen LogP) is 5.44. The first-order valence-corrected chi connectivity index (χ1v) is 7.60. The third-order valence-corrected chi connectivity index (χ3v) is 2.75. The van der Waals surface area contributed by atoms with Crippen molar-refractivity contribution >= 4 is 5.97 Å². The van der Waals surface area contributed by atoms with Crippen molar-refractivity contribution < 1.29 is 9.90 Å². The highest BCUT2D eigenvalue weighted by Gasteiger charge is 1.92. The normalized spacial score (nSPS) is 12.4. The van der Waals surface area contributed by atoms with Gasteiger partial charge >= 0.3 is 5.97 Å². The first-order chi connectivity index (χ1) is 9.77. The number of allylic oxidation sites excluding steroid dienone is 8. The maximum atomic E-state index is 10.3. The summed E-state index contributed by atoms with van der Waals surface area (Å²) in [5.41, 5.74) is 0. The summed E-state index contributed by atoms with van der Waals surface area (Å²) in [6.45, 7) is 2.21. The molecule has 0 aromatic heterocycles. The van der Waals surface area contributed by atoms with Crippen molar-refractivity contribution in [3.8, 4) is 0 Å². The van der Waals surface area contributed by atoms with Crippen LogP contribution in [0.4, 0.5) is 0 Å². The minimum absolute atomic E-state index is 0.253. The van der Waals surface area contributed by atoms with Crippen LogP contribution in [0.15, 0.2) is 48.6 Å². The van der Waals surface area contributed by atoms with Crippen molar-refractivity contribution in [3.63, 3.8) is 0 Å². The molecule has 2 nitrogen and oxygen atoms in total. The van der Waals surface area contributed by atoms with E-state index in [0.29, 0.717) is 6.42 Å². The van der Waals surface area contributed by atoms with E-state index in [1.54, 1.807) is 0 Å². The standard InChI is InChI=1S/C18H28O2/c1-2-3-4-5-6-7-8-9-10-11-12-13-14-15-16-17-18(19)20/h5-6,8-9,11-14H,2-4,7,10,15-17H2,1H3,(H,19,20). The highest BCUT2D eigenvalue weighted by molar-refractivity contribution is 5.66. The molecule has 0 aliphatic carbocycles. The van der Waals surface area contributed by atoms with Crippen molar-refractivity contribution in [2.75, 3.05) is 0 Å². The zero-order chi connectivity index (χ0) is 14.9. The molecule has 0 bridgehead atoms. The molecule has 20 heavy (non-hydrogen) atoms. The van der Waals surface area contributed by atoms with E-state index in [9.17, 15) is 4.79 Å². The summed E-state index contributed by atoms with van der Waals surface area (Å²) in [5.74, 6) is -0.720. The number of carboxylic acids is 1. The topological polar surface area (TPSA) is 37.3 Å². The number of carboxylic acid groups (broad SMARTS) is 1. The molecule has 2 heteroatoms. The quantitative estimate of drug-likeness (QED) is 0.293. The number of rotatable bonds is 12. The molecule has 0 radical (unpaired) electrons. The number of unbranched alkanes of at least 4 members (excludes halogenated alkanes) is 3. The van der Waals surface area contributed by atoms with E-state index in [1.165, 1.54) is 19.3 Å². The highest BCUT2D eigenvalue weighted by Crippen LogP contribution is 1.98. The van der Waals surface area contributed by atoms with Crippen LogP contribution in [0.25, 0.3) is 0 Å². The van der Waals surface area contributed by atoms with Gasteiger partial charge in [-0.25, -0.2) is 0 Å². The van der Waals surface area contributed by atoms with Crippen LogP contribution in [-0.4, -0.2) is 11.1 Å². The number of hydrogen-bond donors (Lipinski definition) is 1. The molecular formula is C18H28O2. The van der Waals surface area contributed by atoms with Crippen molar-refractivity contribution in [2.45, 2.75) is 58.3 Å². The van der Waals surface area contributed by atoms with Gasteiger partial charge in [0.1, 0.15) is 0 Å². The molecule has 0 fully saturated rings. The molecular weight excluding hydrogens is 248 g/mol. The zero-order valence-corrected chi connectivity index (χ0v) is 12.6. The Hall–Kier alpha value is -1.57. The first-order valence-electron chi connectivity index (χ1n) is 7.60. The molecule has 0 aliphatic rings. The van der Waals surface area contributed by atoms with Gasteiger partial charge in [-0.1, -0.05) is 68.4 Å². The van der Waals surface area contributed by atoms with Crippen LogP contribution < -0.4 is 0 Å². The molecule has 0 amide bonds. The lowest BCUT2D eigenvalue weighted by Gasteiger charge is -1.89. The van der Waals surface area contributed by atoms with Crippen LogP contribution in [0.1, 0.15) is 58.3 Å². The number of aliphatic carboxylic acids is 1. The minimum Gasteiger partial charge on any atom is -0.481 e. The number of carbonyl (C=O) groups is 1. The van der Waals surface area contributed by atoms with E-state index in [4.69, 9.17) is 5.11 Å². The Kier molecular flexibility index (Phi) is 14.3. The largest absolute Gasteiger partial charge is 0.481 e. The Labute approximate surface area is 123 Å². The monoisotopic (exact) mass is 276 g/mol. The van der Waals surface area contributed by atoms with E-state index in [0.717, 1.165) is 19.3 Å². The molecule has 0 saturated carbocycles. The molecule has 0 spiro atoms. The van der Waals surface area contributed by atoms with Crippen molar-refractivity contribution in [1.29, 1.82) is 0 Å². The fourth-order valence-corrected chi connectivity index (χ4v) is 1.59. The van der Waals surface area contributed by atoms with Crippen LogP contribution in [0.5, 0.6) is 0 Å². The number of hydrogen-bond acceptors (Lipinski definition) is 1. The van der Waals surface area contributed by atoms with Gasteiger partial charge < -0.3 is 5.11 Å². The predicted molar refractivity (Wildman–Crippen MR) is 86.8 cm³/mol. The van der Waals surface area contributed by atoms with Crippen molar-refractivity contribution in [1.82, 2.24) is 0 Å². The Morgan fingerprint density at radius 1 is 0.850 bits per heavy atom. The van der Waals surface area contributed by atoms with Gasteiger partial charge in [0.25, 0.3) is 0 Å². The highest BCUT2D eigenvalue weighted by atomic mass is 16.4. The summed E-state index contributed by atoms with van der Waals surface area (Å²) in [6, 6.07) is 0. The van der Waals surface area contributed by atoms with E-state index in [2.05, 4.69) is 37.3 Å². The van der Waals surface area contributed by atoms with Gasteiger partial charge in [-0.15, -0.1) is 0 Å². The third-order valence-electron chi connectivity index (χ3n) is 2.75. The molecule has 0 aromatic rings. The smallest absolute Gasteiger partial charge is 0.303 e. The van der Waals surface area contributed by atoms with Crippen LogP contribution >= 0.6 is 0 Å². The minimum atomic E-state index is -0.720. The fraction of sp³-hybridized carbons (Fsp3) is 0.500. The maximum Gasteiger partial charge on any atom is 0.303 e. The Bertz CT molecular complexity index is 335. The van der Waals surface area contributed by atoms with Gasteiger partial charge in [-0.05, 0) is 32.1 Å². The second kappa shape index (κ2) is 15.5. The van der Waals surface area contributed by atoms with E-state index < -0.39 is 5.97 Å². The molecule has 0 aliphatic heterocycles. The summed E-state index contributed by atoms with van der Waals surface area (Å²) >= 11 is 0. The fourth-order valence-electron chi connectivity index (χ4n) is 1.59.